The van der Waals surface area contributed by atoms with Gasteiger partial charge in [-0.2, -0.15) is 0 Å². The number of fused-ring (bicyclic) bond motifs is 1. The van der Waals surface area contributed by atoms with Gasteiger partial charge in [-0.05, 0) is 20.2 Å². The van der Waals surface area contributed by atoms with E-state index in [1.54, 1.807) is 11.2 Å². The molecule has 0 amide bonds. The van der Waals surface area contributed by atoms with Crippen LogP contribution >= 0.6 is 0 Å². The Morgan fingerprint density at radius 2 is 2.00 bits per heavy atom. The lowest BCUT2D eigenvalue weighted by atomic mass is 10.1. The van der Waals surface area contributed by atoms with Crippen molar-refractivity contribution in [3.8, 4) is 0 Å². The minimum absolute atomic E-state index is 0.612. The van der Waals surface area contributed by atoms with Crippen LogP contribution in [-0.2, 0) is 0 Å². The van der Waals surface area contributed by atoms with Crippen LogP contribution in [0, 0.1) is 0 Å². The molecule has 1 aromatic carbocycles. The van der Waals surface area contributed by atoms with Gasteiger partial charge in [0.05, 0.1) is 6.26 Å². The second kappa shape index (κ2) is 3.44. The Morgan fingerprint density at radius 1 is 1.29 bits per heavy atom. The van der Waals surface area contributed by atoms with E-state index >= 15 is 0 Å². The lowest BCUT2D eigenvalue weighted by Crippen LogP contribution is -2.18. The van der Waals surface area contributed by atoms with Crippen molar-refractivity contribution in [2.75, 3.05) is 14.1 Å². The highest BCUT2D eigenvalue weighted by molar-refractivity contribution is 5.81. The quantitative estimate of drug-likeness (QED) is 0.737. The van der Waals surface area contributed by atoms with Crippen LogP contribution in [0.4, 0.5) is 0 Å². The second-order valence-electron chi connectivity index (χ2n) is 3.52. The van der Waals surface area contributed by atoms with Crippen LogP contribution in [0.3, 0.4) is 0 Å². The third-order valence-electron chi connectivity index (χ3n) is 2.28. The van der Waals surface area contributed by atoms with Crippen molar-refractivity contribution in [2.24, 2.45) is 0 Å². The summed E-state index contributed by atoms with van der Waals surface area (Å²) in [5, 5.41) is 10.8. The van der Waals surface area contributed by atoms with E-state index in [2.05, 4.69) is 0 Å². The Morgan fingerprint density at radius 3 is 2.71 bits per heavy atom. The Hall–Kier alpha value is -1.32. The highest BCUT2D eigenvalue weighted by Gasteiger charge is 2.15. The number of aliphatic hydroxyl groups is 1. The normalized spacial score (nSPS) is 13.7. The van der Waals surface area contributed by atoms with Crippen molar-refractivity contribution in [2.45, 2.75) is 6.23 Å². The van der Waals surface area contributed by atoms with Crippen LogP contribution in [0.5, 0.6) is 0 Å². The second-order valence-corrected chi connectivity index (χ2v) is 3.52. The highest BCUT2D eigenvalue weighted by Crippen LogP contribution is 2.26. The lowest BCUT2D eigenvalue weighted by molar-refractivity contribution is 0.0401. The van der Waals surface area contributed by atoms with E-state index in [9.17, 15) is 5.11 Å². The zero-order chi connectivity index (χ0) is 10.1. The van der Waals surface area contributed by atoms with Crippen LogP contribution in [-0.4, -0.2) is 24.1 Å². The monoisotopic (exact) mass is 191 g/mol. The largest absolute Gasteiger partial charge is 0.464 e. The summed E-state index contributed by atoms with van der Waals surface area (Å²) in [5.41, 5.74) is 1.62. The summed E-state index contributed by atoms with van der Waals surface area (Å²) in [4.78, 5) is 1.73. The number of rotatable bonds is 2. The molecule has 3 heteroatoms. The Balaban J connectivity index is 2.53. The molecular formula is C11H13NO2. The molecule has 0 saturated carbocycles. The Kier molecular flexibility index (Phi) is 2.27. The minimum Gasteiger partial charge on any atom is -0.464 e. The molecule has 0 aliphatic carbocycles. The average molecular weight is 191 g/mol. The molecule has 2 aromatic rings. The fraction of sp³-hybridized carbons (Fsp3) is 0.273. The van der Waals surface area contributed by atoms with Crippen molar-refractivity contribution in [1.82, 2.24) is 4.90 Å². The van der Waals surface area contributed by atoms with E-state index in [1.165, 1.54) is 0 Å². The van der Waals surface area contributed by atoms with Gasteiger partial charge in [0.25, 0.3) is 0 Å². The molecule has 0 saturated heterocycles. The van der Waals surface area contributed by atoms with Crippen LogP contribution in [0.15, 0.2) is 34.9 Å². The summed E-state index contributed by atoms with van der Waals surface area (Å²) < 4.78 is 5.33. The standard InChI is InChI=1S/C11H13NO2/c1-12(2)11(13)9-7-14-10-6-4-3-5-8(9)10/h3-7,11,13H,1-2H3. The predicted molar refractivity (Wildman–Crippen MR) is 54.9 cm³/mol. The molecule has 0 spiro atoms. The van der Waals surface area contributed by atoms with Crippen LogP contribution in [0.2, 0.25) is 0 Å². The first-order valence-corrected chi connectivity index (χ1v) is 4.51. The van der Waals surface area contributed by atoms with Gasteiger partial charge < -0.3 is 9.52 Å². The van der Waals surface area contributed by atoms with Crippen LogP contribution < -0.4 is 0 Å². The van der Waals surface area contributed by atoms with E-state index in [0.29, 0.717) is 0 Å². The maximum absolute atomic E-state index is 9.85. The van der Waals surface area contributed by atoms with Crippen molar-refractivity contribution in [1.29, 1.82) is 0 Å². The van der Waals surface area contributed by atoms with Crippen LogP contribution in [0.1, 0.15) is 11.8 Å². The van der Waals surface area contributed by atoms with E-state index < -0.39 is 6.23 Å². The summed E-state index contributed by atoms with van der Waals surface area (Å²) in [7, 11) is 3.65. The summed E-state index contributed by atoms with van der Waals surface area (Å²) in [5.74, 6) is 0. The van der Waals surface area contributed by atoms with Crippen molar-refractivity contribution >= 4 is 11.0 Å². The number of benzene rings is 1. The van der Waals surface area contributed by atoms with Gasteiger partial charge in [-0.3, -0.25) is 4.90 Å². The first-order valence-electron chi connectivity index (χ1n) is 4.51. The zero-order valence-electron chi connectivity index (χ0n) is 8.27. The maximum atomic E-state index is 9.85. The van der Waals surface area contributed by atoms with Gasteiger partial charge in [-0.1, -0.05) is 18.2 Å². The van der Waals surface area contributed by atoms with Crippen molar-refractivity contribution < 1.29 is 9.52 Å². The molecule has 0 bridgehead atoms. The average Bonchev–Trinajstić information content (AvgIpc) is 2.60. The minimum atomic E-state index is -0.612. The van der Waals surface area contributed by atoms with Gasteiger partial charge in [0.2, 0.25) is 0 Å². The van der Waals surface area contributed by atoms with Gasteiger partial charge in [-0.15, -0.1) is 0 Å². The van der Waals surface area contributed by atoms with Gasteiger partial charge in [0, 0.05) is 10.9 Å². The highest BCUT2D eigenvalue weighted by atomic mass is 16.3. The molecule has 1 N–H and O–H groups in total. The van der Waals surface area contributed by atoms with E-state index in [-0.39, 0.29) is 0 Å². The summed E-state index contributed by atoms with van der Waals surface area (Å²) in [6.07, 6.45) is 0.994. The Labute approximate surface area is 82.6 Å². The molecule has 74 valence electrons. The molecule has 1 heterocycles. The summed E-state index contributed by atoms with van der Waals surface area (Å²) in [6, 6.07) is 7.68. The number of para-hydroxylation sites is 1. The molecule has 1 atom stereocenters. The molecular weight excluding hydrogens is 178 g/mol. The van der Waals surface area contributed by atoms with Crippen molar-refractivity contribution in [3.63, 3.8) is 0 Å². The topological polar surface area (TPSA) is 36.6 Å². The molecule has 2 rings (SSSR count). The number of nitrogens with zero attached hydrogens (tertiary/aromatic N) is 1. The molecule has 0 aliphatic rings. The lowest BCUT2D eigenvalue weighted by Gasteiger charge is -2.16. The van der Waals surface area contributed by atoms with Gasteiger partial charge in [-0.25, -0.2) is 0 Å². The summed E-state index contributed by atoms with van der Waals surface area (Å²) in [6.45, 7) is 0. The van der Waals surface area contributed by atoms with E-state index in [0.717, 1.165) is 16.5 Å². The third kappa shape index (κ3) is 1.41. The number of hydrogen-bond acceptors (Lipinski definition) is 3. The zero-order valence-corrected chi connectivity index (χ0v) is 8.27. The molecule has 1 aromatic heterocycles. The molecule has 0 radical (unpaired) electrons. The number of furan rings is 1. The van der Waals surface area contributed by atoms with E-state index in [1.807, 2.05) is 38.4 Å². The number of aliphatic hydroxyl groups excluding tert-OH is 1. The first-order chi connectivity index (χ1) is 6.70. The summed E-state index contributed by atoms with van der Waals surface area (Å²) >= 11 is 0. The van der Waals surface area contributed by atoms with Gasteiger partial charge in [0.1, 0.15) is 11.8 Å². The smallest absolute Gasteiger partial charge is 0.136 e. The molecule has 3 nitrogen and oxygen atoms in total. The van der Waals surface area contributed by atoms with E-state index in [4.69, 9.17) is 4.42 Å². The SMILES string of the molecule is CN(C)C(O)c1coc2ccccc12. The van der Waals surface area contributed by atoms with Crippen molar-refractivity contribution in [3.05, 3.63) is 36.1 Å². The third-order valence-corrected chi connectivity index (χ3v) is 2.28. The van der Waals surface area contributed by atoms with Gasteiger partial charge in [0.15, 0.2) is 0 Å². The fourth-order valence-electron chi connectivity index (χ4n) is 1.48. The van der Waals surface area contributed by atoms with Crippen LogP contribution in [0.25, 0.3) is 11.0 Å². The molecule has 0 fully saturated rings. The molecule has 14 heavy (non-hydrogen) atoms. The fourth-order valence-corrected chi connectivity index (χ4v) is 1.48. The maximum Gasteiger partial charge on any atom is 0.136 e. The number of hydrogen-bond donors (Lipinski definition) is 1. The Bertz CT molecular complexity index is 434. The van der Waals surface area contributed by atoms with Gasteiger partial charge >= 0.3 is 0 Å². The molecule has 1 unspecified atom stereocenters. The molecule has 0 aliphatic heterocycles. The first kappa shape index (κ1) is 9.24. The predicted octanol–water partition coefficient (Wildman–Crippen LogP) is 1.99.